The van der Waals surface area contributed by atoms with Crippen LogP contribution in [0.15, 0.2) is 12.2 Å². The summed E-state index contributed by atoms with van der Waals surface area (Å²) in [6.07, 6.45) is 15.4. The van der Waals surface area contributed by atoms with E-state index < -0.39 is 5.97 Å². The molecule has 0 saturated heterocycles. The minimum absolute atomic E-state index is 0. The summed E-state index contributed by atoms with van der Waals surface area (Å²) in [7, 11) is 0. The van der Waals surface area contributed by atoms with E-state index >= 15 is 0 Å². The van der Waals surface area contributed by atoms with Crippen LogP contribution in [-0.2, 0) is 4.79 Å². The van der Waals surface area contributed by atoms with Crippen molar-refractivity contribution in [3.63, 3.8) is 0 Å². The minimum Gasteiger partial charge on any atom is -0.481 e. The van der Waals surface area contributed by atoms with Crippen LogP contribution < -0.4 is 0 Å². The van der Waals surface area contributed by atoms with Crippen molar-refractivity contribution in [3.05, 3.63) is 12.2 Å². The van der Waals surface area contributed by atoms with Crippen molar-refractivity contribution in [1.82, 2.24) is 0 Å². The van der Waals surface area contributed by atoms with Gasteiger partial charge in [-0.05, 0) is 25.7 Å². The predicted molar refractivity (Wildman–Crippen MR) is 68.6 cm³/mol. The molecule has 0 aromatic heterocycles. The van der Waals surface area contributed by atoms with E-state index in [1.165, 1.54) is 44.9 Å². The molecule has 0 aliphatic heterocycles. The summed E-state index contributed by atoms with van der Waals surface area (Å²) >= 11 is 0. The number of carboxylic acid groups (broad SMARTS) is 1. The molecular formula is C14H26O2Pr. The van der Waals surface area contributed by atoms with Crippen LogP contribution in [0.2, 0.25) is 0 Å². The Kier molecular flexibility index (Phi) is 19.4. The molecule has 97 valence electrons. The average molecular weight is 367 g/mol. The number of carbonyl (C=O) groups is 1. The fourth-order valence-corrected chi connectivity index (χ4v) is 1.63. The van der Waals surface area contributed by atoms with Crippen molar-refractivity contribution in [2.24, 2.45) is 0 Å². The van der Waals surface area contributed by atoms with Crippen LogP contribution in [0, 0.1) is 41.3 Å². The van der Waals surface area contributed by atoms with Gasteiger partial charge in [0.05, 0.1) is 0 Å². The van der Waals surface area contributed by atoms with Gasteiger partial charge in [0.2, 0.25) is 0 Å². The van der Waals surface area contributed by atoms with Gasteiger partial charge in [0.25, 0.3) is 0 Å². The van der Waals surface area contributed by atoms with Gasteiger partial charge in [0, 0.05) is 47.7 Å². The SMILES string of the molecule is CCCC/C=C\CCCCCCCC(=O)O.[Pr]. The minimum atomic E-state index is -0.668. The third-order valence-corrected chi connectivity index (χ3v) is 2.65. The summed E-state index contributed by atoms with van der Waals surface area (Å²) in [6, 6.07) is 0. The topological polar surface area (TPSA) is 37.3 Å². The number of rotatable bonds is 11. The van der Waals surface area contributed by atoms with E-state index in [1.807, 2.05) is 0 Å². The van der Waals surface area contributed by atoms with E-state index in [2.05, 4.69) is 19.1 Å². The quantitative estimate of drug-likeness (QED) is 0.430. The number of carboxylic acids is 1. The molecular weight excluding hydrogens is 341 g/mol. The van der Waals surface area contributed by atoms with E-state index in [1.54, 1.807) is 0 Å². The zero-order valence-electron chi connectivity index (χ0n) is 11.2. The molecule has 0 unspecified atom stereocenters. The van der Waals surface area contributed by atoms with Crippen LogP contribution in [0.25, 0.3) is 0 Å². The molecule has 0 aromatic carbocycles. The molecule has 0 bridgehead atoms. The fourth-order valence-electron chi connectivity index (χ4n) is 1.63. The first-order chi connectivity index (χ1) is 7.77. The number of aliphatic carboxylic acids is 1. The van der Waals surface area contributed by atoms with Gasteiger partial charge in [0.1, 0.15) is 0 Å². The number of hydrogen-bond donors (Lipinski definition) is 1. The Morgan fingerprint density at radius 1 is 0.941 bits per heavy atom. The number of allylic oxidation sites excluding steroid dienone is 2. The van der Waals surface area contributed by atoms with Gasteiger partial charge < -0.3 is 5.11 Å². The molecule has 2 nitrogen and oxygen atoms in total. The molecule has 1 radical (unpaired) electrons. The van der Waals surface area contributed by atoms with Crippen molar-refractivity contribution >= 4 is 5.97 Å². The van der Waals surface area contributed by atoms with Gasteiger partial charge in [-0.1, -0.05) is 51.2 Å². The van der Waals surface area contributed by atoms with Crippen LogP contribution in [0.3, 0.4) is 0 Å². The third kappa shape index (κ3) is 19.1. The Hall–Kier alpha value is 0.574. The first-order valence-corrected chi connectivity index (χ1v) is 6.64. The smallest absolute Gasteiger partial charge is 0.303 e. The van der Waals surface area contributed by atoms with Crippen molar-refractivity contribution in [1.29, 1.82) is 0 Å². The second kappa shape index (κ2) is 16.6. The molecule has 0 amide bonds. The average Bonchev–Trinajstić information content (AvgIpc) is 2.25. The summed E-state index contributed by atoms with van der Waals surface area (Å²) in [6.45, 7) is 2.21. The van der Waals surface area contributed by atoms with Crippen LogP contribution in [0.4, 0.5) is 0 Å². The van der Waals surface area contributed by atoms with Crippen molar-refractivity contribution in [3.8, 4) is 0 Å². The summed E-state index contributed by atoms with van der Waals surface area (Å²) in [5.41, 5.74) is 0. The molecule has 0 heterocycles. The van der Waals surface area contributed by atoms with Gasteiger partial charge in [-0.25, -0.2) is 0 Å². The molecule has 0 aliphatic carbocycles. The van der Waals surface area contributed by atoms with Gasteiger partial charge in [-0.3, -0.25) is 4.79 Å². The molecule has 0 fully saturated rings. The molecule has 0 aliphatic rings. The van der Waals surface area contributed by atoms with Gasteiger partial charge in [-0.2, -0.15) is 0 Å². The zero-order valence-corrected chi connectivity index (χ0v) is 14.9. The Morgan fingerprint density at radius 2 is 1.47 bits per heavy atom. The van der Waals surface area contributed by atoms with Crippen molar-refractivity contribution < 1.29 is 51.2 Å². The normalized spacial score (nSPS) is 10.4. The molecule has 0 saturated carbocycles. The number of unbranched alkanes of at least 4 members (excludes halogenated alkanes) is 7. The zero-order chi connectivity index (χ0) is 12.1. The molecule has 0 rings (SSSR count). The molecule has 0 spiro atoms. The Labute approximate surface area is 139 Å². The monoisotopic (exact) mass is 367 g/mol. The maximum atomic E-state index is 10.3. The molecule has 17 heavy (non-hydrogen) atoms. The van der Waals surface area contributed by atoms with E-state index in [4.69, 9.17) is 5.11 Å². The first kappa shape index (κ1) is 19.9. The fraction of sp³-hybridized carbons (Fsp3) is 0.786. The summed E-state index contributed by atoms with van der Waals surface area (Å²) in [5, 5.41) is 8.45. The van der Waals surface area contributed by atoms with Crippen LogP contribution in [-0.4, -0.2) is 11.1 Å². The van der Waals surface area contributed by atoms with Crippen LogP contribution in [0.5, 0.6) is 0 Å². The van der Waals surface area contributed by atoms with Crippen molar-refractivity contribution in [2.75, 3.05) is 0 Å². The Balaban J connectivity index is 0. The molecule has 3 heteroatoms. The predicted octanol–water partition coefficient (Wildman–Crippen LogP) is 4.55. The third-order valence-electron chi connectivity index (χ3n) is 2.65. The molecule has 0 aromatic rings. The largest absolute Gasteiger partial charge is 0.481 e. The standard InChI is InChI=1S/C14H26O2.Pr/c1-2-3-4-5-6-7-8-9-10-11-12-13-14(15)16;/h5-6H,2-4,7-13H2,1H3,(H,15,16);/b6-5-;. The first-order valence-electron chi connectivity index (χ1n) is 6.64. The second-order valence-electron chi connectivity index (χ2n) is 4.31. The van der Waals surface area contributed by atoms with Gasteiger partial charge in [0.15, 0.2) is 0 Å². The molecule has 1 N–H and O–H groups in total. The number of hydrogen-bond acceptors (Lipinski definition) is 1. The summed E-state index contributed by atoms with van der Waals surface area (Å²) in [4.78, 5) is 10.3. The maximum absolute atomic E-state index is 10.3. The van der Waals surface area contributed by atoms with Crippen LogP contribution >= 0.6 is 0 Å². The molecule has 0 atom stereocenters. The Morgan fingerprint density at radius 3 is 2.06 bits per heavy atom. The maximum Gasteiger partial charge on any atom is 0.303 e. The summed E-state index contributed by atoms with van der Waals surface area (Å²) in [5.74, 6) is -0.668. The van der Waals surface area contributed by atoms with E-state index in [9.17, 15) is 4.79 Å². The van der Waals surface area contributed by atoms with E-state index in [-0.39, 0.29) is 41.3 Å². The summed E-state index contributed by atoms with van der Waals surface area (Å²) < 4.78 is 0. The van der Waals surface area contributed by atoms with Gasteiger partial charge in [-0.15, -0.1) is 0 Å². The Bertz CT molecular complexity index is 191. The van der Waals surface area contributed by atoms with Crippen molar-refractivity contribution in [2.45, 2.75) is 71.1 Å². The van der Waals surface area contributed by atoms with E-state index in [0.29, 0.717) is 6.42 Å². The van der Waals surface area contributed by atoms with Crippen LogP contribution in [0.1, 0.15) is 71.1 Å². The second-order valence-corrected chi connectivity index (χ2v) is 4.31. The van der Waals surface area contributed by atoms with Gasteiger partial charge >= 0.3 is 5.97 Å². The van der Waals surface area contributed by atoms with E-state index in [0.717, 1.165) is 12.8 Å².